The minimum Gasteiger partial charge on any atom is -0.322 e. The van der Waals surface area contributed by atoms with Crippen molar-refractivity contribution in [2.24, 2.45) is 12.8 Å². The van der Waals surface area contributed by atoms with Crippen LogP contribution in [-0.2, 0) is 7.05 Å². The third kappa shape index (κ3) is 1.85. The number of nitrogens with zero attached hydrogens (tertiary/aromatic N) is 2. The fraction of sp³-hybridized carbons (Fsp3) is 0.667. The van der Waals surface area contributed by atoms with Gasteiger partial charge in [-0.1, -0.05) is 0 Å². The average molecular weight is 276 g/mol. The zero-order valence-corrected chi connectivity index (χ0v) is 10.5. The Labute approximate surface area is 96.6 Å². The van der Waals surface area contributed by atoms with Crippen molar-refractivity contribution in [1.82, 2.24) is 9.78 Å². The molecule has 0 radical (unpaired) electrons. The van der Waals surface area contributed by atoms with Gasteiger partial charge in [0, 0.05) is 12.3 Å². The highest BCUT2D eigenvalue weighted by atomic mass is 79.9. The van der Waals surface area contributed by atoms with Crippen LogP contribution >= 0.6 is 27.7 Å². The Bertz CT molecular complexity index is 300. The highest BCUT2D eigenvalue weighted by Gasteiger charge is 2.27. The standard InChI is InChI=1S/C9H14BrN3S/c1-13-9(6(10)5-12-13)8(11)7-3-2-4-14-7/h5,7-8H,2-4,11H2,1H3. The molecule has 0 saturated carbocycles. The van der Waals surface area contributed by atoms with Gasteiger partial charge in [0.2, 0.25) is 0 Å². The summed E-state index contributed by atoms with van der Waals surface area (Å²) in [5, 5.41) is 4.75. The van der Waals surface area contributed by atoms with E-state index in [1.807, 2.05) is 29.7 Å². The second-order valence-electron chi connectivity index (χ2n) is 3.58. The number of hydrogen-bond acceptors (Lipinski definition) is 3. The Balaban J connectivity index is 2.21. The molecule has 1 aromatic rings. The molecule has 2 heterocycles. The molecule has 1 fully saturated rings. The molecule has 0 aromatic carbocycles. The lowest BCUT2D eigenvalue weighted by Gasteiger charge is -2.18. The maximum absolute atomic E-state index is 6.23. The lowest BCUT2D eigenvalue weighted by atomic mass is 10.1. The minimum absolute atomic E-state index is 0.101. The first-order valence-corrected chi connectivity index (χ1v) is 6.59. The van der Waals surface area contributed by atoms with Crippen molar-refractivity contribution in [3.05, 3.63) is 16.4 Å². The molecule has 5 heteroatoms. The van der Waals surface area contributed by atoms with Crippen LogP contribution < -0.4 is 5.73 Å². The van der Waals surface area contributed by atoms with Gasteiger partial charge in [-0.25, -0.2) is 0 Å². The lowest BCUT2D eigenvalue weighted by molar-refractivity contribution is 0.580. The van der Waals surface area contributed by atoms with Gasteiger partial charge in [-0.3, -0.25) is 4.68 Å². The van der Waals surface area contributed by atoms with Gasteiger partial charge in [0.1, 0.15) is 0 Å². The quantitative estimate of drug-likeness (QED) is 0.899. The molecular formula is C9H14BrN3S. The molecule has 1 saturated heterocycles. The molecule has 3 nitrogen and oxygen atoms in total. The van der Waals surface area contributed by atoms with Crippen molar-refractivity contribution in [1.29, 1.82) is 0 Å². The average Bonchev–Trinajstić information content (AvgIpc) is 2.75. The van der Waals surface area contributed by atoms with Gasteiger partial charge in [0.15, 0.2) is 0 Å². The van der Waals surface area contributed by atoms with Gasteiger partial charge in [0.25, 0.3) is 0 Å². The Morgan fingerprint density at radius 3 is 3.07 bits per heavy atom. The third-order valence-electron chi connectivity index (χ3n) is 2.62. The molecule has 0 spiro atoms. The van der Waals surface area contributed by atoms with Gasteiger partial charge in [-0.15, -0.1) is 0 Å². The molecule has 1 aromatic heterocycles. The smallest absolute Gasteiger partial charge is 0.0701 e. The fourth-order valence-electron chi connectivity index (χ4n) is 1.86. The van der Waals surface area contributed by atoms with E-state index in [2.05, 4.69) is 21.0 Å². The summed E-state index contributed by atoms with van der Waals surface area (Å²) in [6, 6.07) is 0.101. The number of aryl methyl sites for hydroxylation is 1. The molecule has 0 bridgehead atoms. The molecule has 2 N–H and O–H groups in total. The van der Waals surface area contributed by atoms with E-state index in [4.69, 9.17) is 5.73 Å². The second-order valence-corrected chi connectivity index (χ2v) is 5.78. The van der Waals surface area contributed by atoms with E-state index in [0.717, 1.165) is 10.2 Å². The Morgan fingerprint density at radius 1 is 1.79 bits per heavy atom. The molecule has 2 rings (SSSR count). The third-order valence-corrected chi connectivity index (χ3v) is 4.71. The lowest BCUT2D eigenvalue weighted by Crippen LogP contribution is -2.24. The van der Waals surface area contributed by atoms with Crippen LogP contribution in [0, 0.1) is 0 Å². The summed E-state index contributed by atoms with van der Waals surface area (Å²) >= 11 is 5.47. The van der Waals surface area contributed by atoms with Crippen LogP contribution in [0.25, 0.3) is 0 Å². The van der Waals surface area contributed by atoms with Crippen LogP contribution in [0.2, 0.25) is 0 Å². The van der Waals surface area contributed by atoms with E-state index in [-0.39, 0.29) is 6.04 Å². The van der Waals surface area contributed by atoms with Gasteiger partial charge >= 0.3 is 0 Å². The van der Waals surface area contributed by atoms with Crippen molar-refractivity contribution in [2.45, 2.75) is 24.1 Å². The van der Waals surface area contributed by atoms with Gasteiger partial charge in [0.05, 0.1) is 22.4 Å². The first-order chi connectivity index (χ1) is 6.70. The molecule has 0 aliphatic carbocycles. The van der Waals surface area contributed by atoms with E-state index in [0.29, 0.717) is 5.25 Å². The SMILES string of the molecule is Cn1ncc(Br)c1C(N)C1CCCS1. The number of aromatic nitrogens is 2. The first-order valence-electron chi connectivity index (χ1n) is 4.74. The zero-order valence-electron chi connectivity index (χ0n) is 8.11. The molecule has 2 unspecified atom stereocenters. The largest absolute Gasteiger partial charge is 0.322 e. The predicted molar refractivity (Wildman–Crippen MR) is 63.3 cm³/mol. The molecule has 14 heavy (non-hydrogen) atoms. The number of rotatable bonds is 2. The number of hydrogen-bond donors (Lipinski definition) is 1. The first kappa shape index (κ1) is 10.5. The summed E-state index contributed by atoms with van der Waals surface area (Å²) in [6.45, 7) is 0. The van der Waals surface area contributed by atoms with Gasteiger partial charge in [-0.2, -0.15) is 16.9 Å². The number of thioether (sulfide) groups is 1. The molecular weight excluding hydrogens is 262 g/mol. The second kappa shape index (κ2) is 4.24. The van der Waals surface area contributed by atoms with Crippen LogP contribution in [0.1, 0.15) is 24.6 Å². The topological polar surface area (TPSA) is 43.8 Å². The zero-order chi connectivity index (χ0) is 10.1. The fourth-order valence-corrected chi connectivity index (χ4v) is 3.78. The summed E-state index contributed by atoms with van der Waals surface area (Å²) in [4.78, 5) is 0. The Kier molecular flexibility index (Phi) is 3.19. The minimum atomic E-state index is 0.101. The van der Waals surface area contributed by atoms with E-state index in [9.17, 15) is 0 Å². The van der Waals surface area contributed by atoms with Crippen molar-refractivity contribution >= 4 is 27.7 Å². The van der Waals surface area contributed by atoms with Crippen LogP contribution in [0.3, 0.4) is 0 Å². The maximum Gasteiger partial charge on any atom is 0.0701 e. The monoisotopic (exact) mass is 275 g/mol. The van der Waals surface area contributed by atoms with Gasteiger partial charge < -0.3 is 5.73 Å². The predicted octanol–water partition coefficient (Wildman–Crippen LogP) is 2.08. The van der Waals surface area contributed by atoms with E-state index >= 15 is 0 Å². The Hall–Kier alpha value is -0.0000000000000000555. The van der Waals surface area contributed by atoms with Crippen LogP contribution in [-0.4, -0.2) is 20.8 Å². The summed E-state index contributed by atoms with van der Waals surface area (Å²) in [5.74, 6) is 1.24. The van der Waals surface area contributed by atoms with Crippen molar-refractivity contribution in [3.63, 3.8) is 0 Å². The molecule has 78 valence electrons. The Morgan fingerprint density at radius 2 is 2.57 bits per heavy atom. The van der Waals surface area contributed by atoms with E-state index in [1.165, 1.54) is 18.6 Å². The van der Waals surface area contributed by atoms with Crippen molar-refractivity contribution < 1.29 is 0 Å². The van der Waals surface area contributed by atoms with Gasteiger partial charge in [-0.05, 0) is 34.5 Å². The van der Waals surface area contributed by atoms with Crippen LogP contribution in [0.5, 0.6) is 0 Å². The summed E-state index contributed by atoms with van der Waals surface area (Å²) in [6.07, 6.45) is 4.33. The van der Waals surface area contributed by atoms with Crippen LogP contribution in [0.15, 0.2) is 10.7 Å². The number of nitrogens with two attached hydrogens (primary N) is 1. The van der Waals surface area contributed by atoms with E-state index < -0.39 is 0 Å². The molecule has 2 atom stereocenters. The summed E-state index contributed by atoms with van der Waals surface area (Å²) in [7, 11) is 1.94. The normalized spacial score (nSPS) is 24.1. The molecule has 0 amide bonds. The summed E-state index contributed by atoms with van der Waals surface area (Å²) < 4.78 is 2.90. The highest BCUT2D eigenvalue weighted by molar-refractivity contribution is 9.10. The summed E-state index contributed by atoms with van der Waals surface area (Å²) in [5.41, 5.74) is 7.35. The highest BCUT2D eigenvalue weighted by Crippen LogP contribution is 2.36. The van der Waals surface area contributed by atoms with E-state index in [1.54, 1.807) is 0 Å². The molecule has 1 aliphatic heterocycles. The van der Waals surface area contributed by atoms with Crippen molar-refractivity contribution in [3.8, 4) is 0 Å². The molecule has 1 aliphatic rings. The maximum atomic E-state index is 6.23. The number of halogens is 1. The van der Waals surface area contributed by atoms with Crippen molar-refractivity contribution in [2.75, 3.05) is 5.75 Å². The van der Waals surface area contributed by atoms with Crippen LogP contribution in [0.4, 0.5) is 0 Å².